The molecule has 0 aliphatic rings. The zero-order chi connectivity index (χ0) is 25.7. The summed E-state index contributed by atoms with van der Waals surface area (Å²) in [5.41, 5.74) is 0. The molecule has 0 radical (unpaired) electrons. The van der Waals surface area contributed by atoms with Gasteiger partial charge in [0.1, 0.15) is 0 Å². The number of hydrogen-bond acceptors (Lipinski definition) is 6. The van der Waals surface area contributed by atoms with Crippen molar-refractivity contribution in [2.45, 2.75) is 150 Å². The van der Waals surface area contributed by atoms with Crippen molar-refractivity contribution in [3.8, 4) is 0 Å². The molecule has 0 spiro atoms. The molecule has 0 rings (SSSR count). The topological polar surface area (TPSA) is 80.3 Å². The number of carbonyl (C=O) groups excluding carboxylic acids is 2. The molecule has 33 heavy (non-hydrogen) atoms. The van der Waals surface area contributed by atoms with Crippen LogP contribution in [0.2, 0.25) is 9.88 Å². The first-order chi connectivity index (χ1) is 15.8. The van der Waals surface area contributed by atoms with Gasteiger partial charge in [-0.1, -0.05) is 117 Å². The van der Waals surface area contributed by atoms with Crippen LogP contribution >= 0.6 is 25.3 Å². The van der Waals surface area contributed by atoms with Gasteiger partial charge >= 0.3 is 31.0 Å². The van der Waals surface area contributed by atoms with Gasteiger partial charge in [-0.25, -0.2) is 0 Å². The van der Waals surface area contributed by atoms with Gasteiger partial charge in [0.15, 0.2) is 0 Å². The van der Waals surface area contributed by atoms with Crippen molar-refractivity contribution in [3.05, 3.63) is 0 Å². The summed E-state index contributed by atoms with van der Waals surface area (Å²) in [4.78, 5) is 25.3. The predicted octanol–water partition coefficient (Wildman–Crippen LogP) is 5.92. The number of unbranched alkanes of at least 4 members (excludes halogenated alkanes) is 14. The quantitative estimate of drug-likeness (QED) is 0.102. The number of hydrogen-bond donors (Lipinski definition) is 2. The SMILES string of the molecule is CCCCCCCCCCC(S)C(=O)[O-].CCCCCCCCCCC(S)C(=O)[O-].[CH3][Sn+2][CH3]. The Kier molecular flexibility index (Phi) is 37.3. The molecule has 0 saturated carbocycles. The van der Waals surface area contributed by atoms with E-state index in [1.807, 2.05) is 0 Å². The van der Waals surface area contributed by atoms with E-state index in [0.29, 0.717) is 12.8 Å². The number of rotatable bonds is 20. The van der Waals surface area contributed by atoms with E-state index < -0.39 is 22.4 Å². The predicted molar refractivity (Wildman–Crippen MR) is 147 cm³/mol. The number of thiol groups is 2. The van der Waals surface area contributed by atoms with Crippen molar-refractivity contribution in [3.63, 3.8) is 0 Å². The first-order valence-electron chi connectivity index (χ1n) is 13.1. The monoisotopic (exact) mass is 612 g/mol. The Balaban J connectivity index is -0.000000487. The molecule has 0 saturated heterocycles. The minimum atomic E-state index is -1.04. The molecular formula is C26H52O4S2Sn. The van der Waals surface area contributed by atoms with Gasteiger partial charge in [-0.3, -0.25) is 0 Å². The van der Waals surface area contributed by atoms with Crippen LogP contribution in [0.3, 0.4) is 0 Å². The molecule has 2 atom stereocenters. The number of carbonyl (C=O) groups is 2. The zero-order valence-corrected chi connectivity index (χ0v) is 26.6. The molecular weight excluding hydrogens is 559 g/mol. The van der Waals surface area contributed by atoms with Gasteiger partial charge in [-0.2, -0.15) is 25.3 Å². The zero-order valence-electron chi connectivity index (χ0n) is 21.9. The number of carboxylic acids is 2. The molecule has 2 unspecified atom stereocenters. The van der Waals surface area contributed by atoms with Crippen molar-refractivity contribution >= 4 is 58.3 Å². The van der Waals surface area contributed by atoms with Gasteiger partial charge in [-0.05, 0) is 12.8 Å². The van der Waals surface area contributed by atoms with Crippen LogP contribution in [-0.2, 0) is 9.59 Å². The maximum atomic E-state index is 10.3. The van der Waals surface area contributed by atoms with Crippen LogP contribution in [-0.4, -0.2) is 43.6 Å². The van der Waals surface area contributed by atoms with Crippen LogP contribution in [0, 0.1) is 0 Å². The van der Waals surface area contributed by atoms with E-state index in [1.165, 1.54) is 77.0 Å². The standard InChI is InChI=1S/2C12H24O2S.2CH3.Sn/c2*1-2-3-4-5-6-7-8-9-10-11(15)12(13)14;;;/h2*11,15H,2-10H2,1H3,(H,13,14);2*1H3;/q;;;;+2/p-2. The molecule has 0 bridgehead atoms. The number of aliphatic carboxylic acids is 2. The molecule has 0 amide bonds. The van der Waals surface area contributed by atoms with E-state index in [4.69, 9.17) is 0 Å². The fourth-order valence-electron chi connectivity index (χ4n) is 3.18. The van der Waals surface area contributed by atoms with Crippen molar-refractivity contribution in [1.29, 1.82) is 0 Å². The Morgan fingerprint density at radius 3 is 1.00 bits per heavy atom. The molecule has 0 aromatic rings. The first-order valence-corrected chi connectivity index (χ1v) is 19.9. The minimum absolute atomic E-state index is 0.230. The number of carboxylic acid groups (broad SMARTS) is 2. The second-order valence-electron chi connectivity index (χ2n) is 8.70. The van der Waals surface area contributed by atoms with Gasteiger partial charge in [0.2, 0.25) is 0 Å². The van der Waals surface area contributed by atoms with E-state index in [2.05, 4.69) is 49.0 Å². The molecule has 0 aromatic carbocycles. The van der Waals surface area contributed by atoms with E-state index in [0.717, 1.165) is 25.7 Å². The summed E-state index contributed by atoms with van der Waals surface area (Å²) in [5, 5.41) is 19.5. The summed E-state index contributed by atoms with van der Waals surface area (Å²) >= 11 is 8.10. The van der Waals surface area contributed by atoms with E-state index in [9.17, 15) is 19.8 Å². The fourth-order valence-corrected chi connectivity index (χ4v) is 3.54. The van der Waals surface area contributed by atoms with Crippen LogP contribution in [0.1, 0.15) is 129 Å². The Morgan fingerprint density at radius 1 is 0.576 bits per heavy atom. The van der Waals surface area contributed by atoms with Gasteiger partial charge in [0.05, 0.1) is 11.9 Å². The Morgan fingerprint density at radius 2 is 0.788 bits per heavy atom. The molecule has 4 nitrogen and oxygen atoms in total. The fraction of sp³-hybridized carbons (Fsp3) is 0.923. The molecule has 0 aromatic heterocycles. The van der Waals surface area contributed by atoms with Crippen molar-refractivity contribution in [2.24, 2.45) is 0 Å². The first kappa shape index (κ1) is 38.0. The summed E-state index contributed by atoms with van der Waals surface area (Å²) < 4.78 is 0. The third kappa shape index (κ3) is 37.2. The van der Waals surface area contributed by atoms with E-state index >= 15 is 0 Å². The van der Waals surface area contributed by atoms with Crippen LogP contribution in [0.5, 0.6) is 0 Å². The molecule has 0 aliphatic heterocycles. The van der Waals surface area contributed by atoms with Crippen molar-refractivity contribution < 1.29 is 19.8 Å². The summed E-state index contributed by atoms with van der Waals surface area (Å²) in [7, 11) is 0. The summed E-state index contributed by atoms with van der Waals surface area (Å²) in [6, 6.07) is 0. The van der Waals surface area contributed by atoms with Gasteiger partial charge in [-0.15, -0.1) is 0 Å². The maximum absolute atomic E-state index is 10.3. The summed E-state index contributed by atoms with van der Waals surface area (Å²) in [6.45, 7) is 4.43. The second-order valence-corrected chi connectivity index (χ2v) is 12.8. The normalized spacial score (nSPS) is 11.8. The van der Waals surface area contributed by atoms with Crippen LogP contribution in [0.25, 0.3) is 0 Å². The van der Waals surface area contributed by atoms with E-state index in [1.54, 1.807) is 0 Å². The molecule has 7 heteroatoms. The van der Waals surface area contributed by atoms with Gasteiger partial charge in [0, 0.05) is 10.5 Å². The van der Waals surface area contributed by atoms with Crippen LogP contribution in [0.15, 0.2) is 0 Å². The molecule has 196 valence electrons. The van der Waals surface area contributed by atoms with Crippen LogP contribution in [0.4, 0.5) is 0 Å². The molecule has 0 N–H and O–H groups in total. The molecule has 0 heterocycles. The van der Waals surface area contributed by atoms with E-state index in [-0.39, 0.29) is 21.1 Å². The third-order valence-electron chi connectivity index (χ3n) is 5.21. The average molecular weight is 612 g/mol. The Hall–Kier alpha value is 0.439. The Labute approximate surface area is 226 Å². The summed E-state index contributed by atoms with van der Waals surface area (Å²) in [5.74, 6) is -2.08. The third-order valence-corrected chi connectivity index (χ3v) is 6.14. The van der Waals surface area contributed by atoms with Crippen LogP contribution < -0.4 is 10.2 Å². The van der Waals surface area contributed by atoms with Crippen molar-refractivity contribution in [2.75, 3.05) is 0 Å². The average Bonchev–Trinajstić information content (AvgIpc) is 2.78. The van der Waals surface area contributed by atoms with Gasteiger partial charge in [0.25, 0.3) is 0 Å². The second kappa shape index (κ2) is 32.4. The Bertz CT molecular complexity index is 376. The van der Waals surface area contributed by atoms with Gasteiger partial charge < -0.3 is 19.8 Å². The molecule has 0 fully saturated rings. The molecule has 0 aliphatic carbocycles. The summed E-state index contributed by atoms with van der Waals surface area (Å²) in [6.07, 6.45) is 21.0. The van der Waals surface area contributed by atoms with Crippen molar-refractivity contribution in [1.82, 2.24) is 0 Å².